The zero-order valence-electron chi connectivity index (χ0n) is 13.7. The van der Waals surface area contributed by atoms with Crippen LogP contribution in [0.4, 0.5) is 0 Å². The van der Waals surface area contributed by atoms with Crippen molar-refractivity contribution in [2.75, 3.05) is 19.7 Å². The van der Waals surface area contributed by atoms with Gasteiger partial charge in [0, 0.05) is 25.8 Å². The van der Waals surface area contributed by atoms with Crippen molar-refractivity contribution >= 4 is 5.91 Å². The Morgan fingerprint density at radius 2 is 2.09 bits per heavy atom. The van der Waals surface area contributed by atoms with Gasteiger partial charge in [-0.2, -0.15) is 0 Å². The molecule has 122 valence electrons. The maximum absolute atomic E-state index is 12.6. The molecule has 1 fully saturated rings. The van der Waals surface area contributed by atoms with Gasteiger partial charge in [0.2, 0.25) is 5.88 Å². The first-order chi connectivity index (χ1) is 10.5. The van der Waals surface area contributed by atoms with Crippen LogP contribution >= 0.6 is 0 Å². The number of hydrogen-bond donors (Lipinski definition) is 1. The number of carbonyl (C=O) groups excluding carboxylic acids is 1. The number of rotatable bonds is 5. The average Bonchev–Trinajstić information content (AvgIpc) is 2.54. The van der Waals surface area contributed by atoms with E-state index in [1.165, 1.54) is 0 Å². The lowest BCUT2D eigenvalue weighted by atomic mass is 9.77. The number of hydrogen-bond acceptors (Lipinski definition) is 4. The second-order valence-electron chi connectivity index (χ2n) is 6.33. The van der Waals surface area contributed by atoms with Crippen LogP contribution in [0.25, 0.3) is 0 Å². The minimum absolute atomic E-state index is 0.0210. The smallest absolute Gasteiger partial charge is 0.272 e. The molecule has 5 nitrogen and oxygen atoms in total. The van der Waals surface area contributed by atoms with Crippen molar-refractivity contribution in [3.8, 4) is 5.88 Å². The molecule has 0 aromatic carbocycles. The molecule has 5 heteroatoms. The summed E-state index contributed by atoms with van der Waals surface area (Å²) >= 11 is 0. The van der Waals surface area contributed by atoms with Gasteiger partial charge in [0.15, 0.2) is 0 Å². The monoisotopic (exact) mass is 306 g/mol. The third-order valence-corrected chi connectivity index (χ3v) is 4.50. The molecule has 0 aliphatic carbocycles. The molecular formula is C17H26N2O3. The number of nitrogens with zero attached hydrogens (tertiary/aromatic N) is 2. The Hall–Kier alpha value is -1.62. The van der Waals surface area contributed by atoms with E-state index >= 15 is 0 Å². The first kappa shape index (κ1) is 16.7. The predicted octanol–water partition coefficient (Wildman–Crippen LogP) is 2.49. The van der Waals surface area contributed by atoms with Gasteiger partial charge in [-0.15, -0.1) is 0 Å². The number of ether oxygens (including phenoxy) is 1. The molecule has 1 aliphatic rings. The highest BCUT2D eigenvalue weighted by atomic mass is 16.5. The summed E-state index contributed by atoms with van der Waals surface area (Å²) in [4.78, 5) is 18.7. The van der Waals surface area contributed by atoms with Crippen LogP contribution in [0.15, 0.2) is 18.2 Å². The fourth-order valence-electron chi connectivity index (χ4n) is 2.81. The van der Waals surface area contributed by atoms with Gasteiger partial charge in [-0.25, -0.2) is 4.98 Å². The lowest BCUT2D eigenvalue weighted by Gasteiger charge is -2.40. The summed E-state index contributed by atoms with van der Waals surface area (Å²) in [6, 6.07) is 5.29. The van der Waals surface area contributed by atoms with Crippen LogP contribution in [-0.2, 0) is 0 Å². The number of piperidine rings is 1. The number of aliphatic hydroxyl groups is 1. The second kappa shape index (κ2) is 7.09. The van der Waals surface area contributed by atoms with E-state index in [2.05, 4.69) is 11.9 Å². The minimum atomic E-state index is -0.0585. The number of carbonyl (C=O) groups is 1. The van der Waals surface area contributed by atoms with Crippen LogP contribution in [0.5, 0.6) is 5.88 Å². The van der Waals surface area contributed by atoms with E-state index in [1.54, 1.807) is 18.2 Å². The molecule has 0 saturated carbocycles. The molecule has 2 rings (SSSR count). The molecule has 22 heavy (non-hydrogen) atoms. The van der Waals surface area contributed by atoms with E-state index in [4.69, 9.17) is 4.74 Å². The Labute approximate surface area is 132 Å². The van der Waals surface area contributed by atoms with Crippen LogP contribution in [0.1, 0.15) is 50.5 Å². The highest BCUT2D eigenvalue weighted by Gasteiger charge is 2.34. The Morgan fingerprint density at radius 1 is 1.41 bits per heavy atom. The average molecular weight is 306 g/mol. The van der Waals surface area contributed by atoms with E-state index < -0.39 is 0 Å². The zero-order chi connectivity index (χ0) is 16.2. The van der Waals surface area contributed by atoms with Gasteiger partial charge in [0.1, 0.15) is 5.69 Å². The quantitative estimate of drug-likeness (QED) is 0.908. The van der Waals surface area contributed by atoms with Crippen LogP contribution in [0.3, 0.4) is 0 Å². The molecule has 1 aliphatic heterocycles. The van der Waals surface area contributed by atoms with Gasteiger partial charge in [-0.05, 0) is 44.6 Å². The molecule has 0 atom stereocenters. The van der Waals surface area contributed by atoms with E-state index in [0.717, 1.165) is 19.3 Å². The summed E-state index contributed by atoms with van der Waals surface area (Å²) in [5.74, 6) is 0.424. The molecule has 0 spiro atoms. The number of aromatic nitrogens is 1. The Morgan fingerprint density at radius 3 is 2.64 bits per heavy atom. The maximum atomic E-state index is 12.6. The van der Waals surface area contributed by atoms with E-state index in [1.807, 2.05) is 18.7 Å². The molecule has 1 aromatic heterocycles. The summed E-state index contributed by atoms with van der Waals surface area (Å²) < 4.78 is 5.55. The van der Waals surface area contributed by atoms with E-state index in [9.17, 15) is 9.90 Å². The minimum Gasteiger partial charge on any atom is -0.475 e. The number of aliphatic hydroxyl groups excluding tert-OH is 1. The first-order valence-electron chi connectivity index (χ1n) is 8.03. The molecule has 1 aromatic rings. The number of likely N-dealkylation sites (tertiary alicyclic amines) is 1. The maximum Gasteiger partial charge on any atom is 0.272 e. The topological polar surface area (TPSA) is 62.7 Å². The molecular weight excluding hydrogens is 280 g/mol. The summed E-state index contributed by atoms with van der Waals surface area (Å²) in [6.45, 7) is 7.50. The third kappa shape index (κ3) is 3.77. The molecule has 2 heterocycles. The van der Waals surface area contributed by atoms with Crippen molar-refractivity contribution in [1.82, 2.24) is 9.88 Å². The largest absolute Gasteiger partial charge is 0.475 e. The molecule has 1 saturated heterocycles. The fourth-order valence-corrected chi connectivity index (χ4v) is 2.81. The van der Waals surface area contributed by atoms with Crippen LogP contribution in [-0.4, -0.2) is 46.7 Å². The van der Waals surface area contributed by atoms with Crippen LogP contribution < -0.4 is 4.74 Å². The Balaban J connectivity index is 2.04. The van der Waals surface area contributed by atoms with E-state index in [0.29, 0.717) is 24.7 Å². The van der Waals surface area contributed by atoms with Crippen molar-refractivity contribution in [3.63, 3.8) is 0 Å². The van der Waals surface area contributed by atoms with Crippen molar-refractivity contribution in [2.24, 2.45) is 5.41 Å². The highest BCUT2D eigenvalue weighted by molar-refractivity contribution is 5.92. The van der Waals surface area contributed by atoms with Gasteiger partial charge < -0.3 is 14.7 Å². The molecule has 1 N–H and O–H groups in total. The Kier molecular flexibility index (Phi) is 5.40. The summed E-state index contributed by atoms with van der Waals surface area (Å²) in [5.41, 5.74) is 0.401. The van der Waals surface area contributed by atoms with Crippen LogP contribution in [0, 0.1) is 5.41 Å². The number of amides is 1. The Bertz CT molecular complexity index is 502. The van der Waals surface area contributed by atoms with Gasteiger partial charge in [-0.1, -0.05) is 13.0 Å². The fraction of sp³-hybridized carbons (Fsp3) is 0.647. The predicted molar refractivity (Wildman–Crippen MR) is 84.9 cm³/mol. The SMILES string of the molecule is CCC1(CO)CCN(C(=O)c2cccc(OC(C)C)n2)CC1. The van der Waals surface area contributed by atoms with Gasteiger partial charge >= 0.3 is 0 Å². The van der Waals surface area contributed by atoms with Gasteiger partial charge in [0.05, 0.1) is 6.10 Å². The first-order valence-corrected chi connectivity index (χ1v) is 8.03. The lowest BCUT2D eigenvalue weighted by Crippen LogP contribution is -2.44. The van der Waals surface area contributed by atoms with Crippen molar-refractivity contribution < 1.29 is 14.6 Å². The summed E-state index contributed by atoms with van der Waals surface area (Å²) in [5, 5.41) is 9.57. The molecule has 0 unspecified atom stereocenters. The van der Waals surface area contributed by atoms with Gasteiger partial charge in [0.25, 0.3) is 5.91 Å². The molecule has 1 amide bonds. The standard InChI is InChI=1S/C17H26N2O3/c1-4-17(12-20)8-10-19(11-9-17)16(21)14-6-5-7-15(18-14)22-13(2)3/h5-7,13,20H,4,8-12H2,1-3H3. The van der Waals surface area contributed by atoms with Crippen molar-refractivity contribution in [1.29, 1.82) is 0 Å². The third-order valence-electron chi connectivity index (χ3n) is 4.50. The molecule has 0 radical (unpaired) electrons. The second-order valence-corrected chi connectivity index (χ2v) is 6.33. The number of pyridine rings is 1. The van der Waals surface area contributed by atoms with Crippen molar-refractivity contribution in [3.05, 3.63) is 23.9 Å². The van der Waals surface area contributed by atoms with Gasteiger partial charge in [-0.3, -0.25) is 4.79 Å². The van der Waals surface area contributed by atoms with Crippen LogP contribution in [0.2, 0.25) is 0 Å². The molecule has 0 bridgehead atoms. The van der Waals surface area contributed by atoms with Crippen molar-refractivity contribution in [2.45, 2.75) is 46.1 Å². The summed E-state index contributed by atoms with van der Waals surface area (Å²) in [7, 11) is 0. The normalized spacial score (nSPS) is 17.6. The highest BCUT2D eigenvalue weighted by Crippen LogP contribution is 2.34. The van der Waals surface area contributed by atoms with E-state index in [-0.39, 0.29) is 24.0 Å². The lowest BCUT2D eigenvalue weighted by molar-refractivity contribution is 0.0334. The summed E-state index contributed by atoms with van der Waals surface area (Å²) in [6.07, 6.45) is 2.66. The zero-order valence-corrected chi connectivity index (χ0v) is 13.7.